The first-order valence-corrected chi connectivity index (χ1v) is 7.74. The molecule has 0 saturated heterocycles. The zero-order chi connectivity index (χ0) is 17.6. The molecule has 0 radical (unpaired) electrons. The van der Waals surface area contributed by atoms with E-state index in [0.29, 0.717) is 12.2 Å². The number of hydrogen-bond donors (Lipinski definition) is 0. The van der Waals surface area contributed by atoms with Crippen LogP contribution in [0.15, 0.2) is 22.8 Å². The number of nitrogens with zero attached hydrogens (tertiary/aromatic N) is 1. The molecule has 0 aromatic carbocycles. The first-order valence-electron chi connectivity index (χ1n) is 7.74. The standard InChI is InChI=1S/C17H27NO5/c1-12(2)18(16(20)23-17(3,4)5)11-13(15(19)21-6)10-14-8-7-9-22-14/h7-9,12-13H,10-11H2,1-6H3. The average molecular weight is 325 g/mol. The normalized spacial score (nSPS) is 12.8. The van der Waals surface area contributed by atoms with Crippen LogP contribution in [-0.4, -0.2) is 42.3 Å². The van der Waals surface area contributed by atoms with E-state index in [-0.39, 0.29) is 18.6 Å². The highest BCUT2D eigenvalue weighted by atomic mass is 16.6. The van der Waals surface area contributed by atoms with Gasteiger partial charge in [-0.2, -0.15) is 0 Å². The highest BCUT2D eigenvalue weighted by Crippen LogP contribution is 2.17. The van der Waals surface area contributed by atoms with Crippen molar-refractivity contribution in [3.63, 3.8) is 0 Å². The molecule has 1 unspecified atom stereocenters. The van der Waals surface area contributed by atoms with Gasteiger partial charge in [0.25, 0.3) is 0 Å². The van der Waals surface area contributed by atoms with E-state index >= 15 is 0 Å². The molecule has 0 aliphatic heterocycles. The molecule has 23 heavy (non-hydrogen) atoms. The summed E-state index contributed by atoms with van der Waals surface area (Å²) < 4.78 is 15.6. The molecule has 0 bridgehead atoms. The minimum atomic E-state index is -0.591. The van der Waals surface area contributed by atoms with Crippen molar-refractivity contribution in [2.75, 3.05) is 13.7 Å². The van der Waals surface area contributed by atoms with Crippen LogP contribution >= 0.6 is 0 Å². The van der Waals surface area contributed by atoms with Crippen LogP contribution < -0.4 is 0 Å². The summed E-state index contributed by atoms with van der Waals surface area (Å²) in [5.74, 6) is -0.218. The van der Waals surface area contributed by atoms with E-state index in [1.54, 1.807) is 18.4 Å². The van der Waals surface area contributed by atoms with Crippen molar-refractivity contribution in [2.24, 2.45) is 5.92 Å². The summed E-state index contributed by atoms with van der Waals surface area (Å²) in [5.41, 5.74) is -0.591. The van der Waals surface area contributed by atoms with Gasteiger partial charge >= 0.3 is 12.1 Å². The first-order chi connectivity index (χ1) is 10.6. The highest BCUT2D eigenvalue weighted by molar-refractivity contribution is 5.74. The molecule has 0 spiro atoms. The predicted octanol–water partition coefficient (Wildman–Crippen LogP) is 3.26. The minimum absolute atomic E-state index is 0.103. The lowest BCUT2D eigenvalue weighted by Gasteiger charge is -2.32. The SMILES string of the molecule is COC(=O)C(Cc1ccco1)CN(C(=O)OC(C)(C)C)C(C)C. The van der Waals surface area contributed by atoms with Gasteiger partial charge in [-0.05, 0) is 46.8 Å². The summed E-state index contributed by atoms with van der Waals surface area (Å²) in [7, 11) is 1.34. The van der Waals surface area contributed by atoms with E-state index < -0.39 is 17.6 Å². The van der Waals surface area contributed by atoms with Gasteiger partial charge < -0.3 is 18.8 Å². The summed E-state index contributed by atoms with van der Waals surface area (Å²) in [5, 5.41) is 0. The quantitative estimate of drug-likeness (QED) is 0.751. The van der Waals surface area contributed by atoms with Crippen molar-refractivity contribution in [2.45, 2.75) is 52.7 Å². The number of carbonyl (C=O) groups excluding carboxylic acids is 2. The second-order valence-electron chi connectivity index (χ2n) is 6.73. The molecule has 1 amide bonds. The molecule has 0 N–H and O–H groups in total. The molecule has 0 fully saturated rings. The zero-order valence-electron chi connectivity index (χ0n) is 14.8. The van der Waals surface area contributed by atoms with Crippen LogP contribution in [0.4, 0.5) is 4.79 Å². The Kier molecular flexibility index (Phi) is 6.66. The molecule has 0 aliphatic carbocycles. The number of methoxy groups -OCH3 is 1. The Balaban J connectivity index is 2.87. The van der Waals surface area contributed by atoms with Gasteiger partial charge in [0.05, 0.1) is 19.3 Å². The van der Waals surface area contributed by atoms with E-state index in [4.69, 9.17) is 13.9 Å². The van der Waals surface area contributed by atoms with Crippen LogP contribution in [0, 0.1) is 5.92 Å². The molecule has 0 aliphatic rings. The van der Waals surface area contributed by atoms with E-state index in [1.807, 2.05) is 34.6 Å². The van der Waals surface area contributed by atoms with Gasteiger partial charge in [-0.25, -0.2) is 4.79 Å². The van der Waals surface area contributed by atoms with Crippen molar-refractivity contribution in [3.05, 3.63) is 24.2 Å². The van der Waals surface area contributed by atoms with Crippen molar-refractivity contribution in [3.8, 4) is 0 Å². The van der Waals surface area contributed by atoms with Crippen LogP contribution in [0.25, 0.3) is 0 Å². The fourth-order valence-electron chi connectivity index (χ4n) is 2.11. The third-order valence-corrected chi connectivity index (χ3v) is 3.23. The second kappa shape index (κ2) is 8.04. The Morgan fingerprint density at radius 2 is 1.96 bits per heavy atom. The van der Waals surface area contributed by atoms with Crippen LogP contribution in [0.3, 0.4) is 0 Å². The lowest BCUT2D eigenvalue weighted by Crippen LogP contribution is -2.45. The second-order valence-corrected chi connectivity index (χ2v) is 6.73. The maximum Gasteiger partial charge on any atom is 0.410 e. The van der Waals surface area contributed by atoms with Crippen molar-refractivity contribution >= 4 is 12.1 Å². The molecular formula is C17H27NO5. The molecular weight excluding hydrogens is 298 g/mol. The van der Waals surface area contributed by atoms with E-state index in [9.17, 15) is 9.59 Å². The summed E-state index contributed by atoms with van der Waals surface area (Å²) in [6.45, 7) is 9.40. The zero-order valence-corrected chi connectivity index (χ0v) is 14.8. The largest absolute Gasteiger partial charge is 0.469 e. The van der Waals surface area contributed by atoms with Gasteiger partial charge in [0.1, 0.15) is 11.4 Å². The maximum absolute atomic E-state index is 12.4. The van der Waals surface area contributed by atoms with Gasteiger partial charge in [-0.1, -0.05) is 0 Å². The number of hydrogen-bond acceptors (Lipinski definition) is 5. The van der Waals surface area contributed by atoms with Crippen LogP contribution in [0.5, 0.6) is 0 Å². The van der Waals surface area contributed by atoms with E-state index in [1.165, 1.54) is 12.0 Å². The van der Waals surface area contributed by atoms with Crippen LogP contribution in [0.2, 0.25) is 0 Å². The van der Waals surface area contributed by atoms with Crippen LogP contribution in [-0.2, 0) is 20.7 Å². The summed E-state index contributed by atoms with van der Waals surface area (Å²) in [6.07, 6.45) is 1.48. The molecule has 1 rings (SSSR count). The summed E-state index contributed by atoms with van der Waals surface area (Å²) in [6, 6.07) is 3.45. The highest BCUT2D eigenvalue weighted by Gasteiger charge is 2.30. The number of carbonyl (C=O) groups is 2. The molecule has 6 heteroatoms. The monoisotopic (exact) mass is 325 g/mol. The fraction of sp³-hybridized carbons (Fsp3) is 0.647. The summed E-state index contributed by atoms with van der Waals surface area (Å²) in [4.78, 5) is 26.0. The molecule has 1 heterocycles. The smallest absolute Gasteiger partial charge is 0.410 e. The van der Waals surface area contributed by atoms with Gasteiger partial charge in [0.15, 0.2) is 0 Å². The predicted molar refractivity (Wildman–Crippen MR) is 86.0 cm³/mol. The summed E-state index contributed by atoms with van der Waals surface area (Å²) >= 11 is 0. The van der Waals surface area contributed by atoms with Crippen LogP contribution in [0.1, 0.15) is 40.4 Å². The first kappa shape index (κ1) is 19.1. The fourth-order valence-corrected chi connectivity index (χ4v) is 2.11. The Labute approximate surface area is 137 Å². The maximum atomic E-state index is 12.4. The number of rotatable bonds is 6. The van der Waals surface area contributed by atoms with Gasteiger partial charge in [0.2, 0.25) is 0 Å². The Hall–Kier alpha value is -1.98. The number of ether oxygens (including phenoxy) is 2. The number of furan rings is 1. The van der Waals surface area contributed by atoms with E-state index in [0.717, 1.165) is 0 Å². The Morgan fingerprint density at radius 1 is 1.30 bits per heavy atom. The number of esters is 1. The number of amides is 1. The molecule has 6 nitrogen and oxygen atoms in total. The lowest BCUT2D eigenvalue weighted by atomic mass is 10.0. The minimum Gasteiger partial charge on any atom is -0.469 e. The van der Waals surface area contributed by atoms with Gasteiger partial charge in [-0.15, -0.1) is 0 Å². The van der Waals surface area contributed by atoms with Gasteiger partial charge in [-0.3, -0.25) is 4.79 Å². The molecule has 1 aromatic rings. The molecule has 0 saturated carbocycles. The third kappa shape index (κ3) is 6.34. The van der Waals surface area contributed by atoms with Crippen molar-refractivity contribution in [1.82, 2.24) is 4.90 Å². The Bertz CT molecular complexity index is 502. The van der Waals surface area contributed by atoms with Crippen molar-refractivity contribution in [1.29, 1.82) is 0 Å². The topological polar surface area (TPSA) is 69.0 Å². The average Bonchev–Trinajstić information content (AvgIpc) is 2.92. The molecule has 1 aromatic heterocycles. The third-order valence-electron chi connectivity index (χ3n) is 3.23. The Morgan fingerprint density at radius 3 is 2.39 bits per heavy atom. The molecule has 1 atom stereocenters. The van der Waals surface area contributed by atoms with E-state index in [2.05, 4.69) is 0 Å². The van der Waals surface area contributed by atoms with Gasteiger partial charge in [0, 0.05) is 19.0 Å². The molecule has 130 valence electrons. The lowest BCUT2D eigenvalue weighted by molar-refractivity contribution is -0.146. The van der Waals surface area contributed by atoms with Crippen molar-refractivity contribution < 1.29 is 23.5 Å².